The van der Waals surface area contributed by atoms with Crippen molar-refractivity contribution in [2.24, 2.45) is 5.73 Å². The quantitative estimate of drug-likeness (QED) is 0.0236. The Morgan fingerprint density at radius 2 is 0.981 bits per heavy atom. The van der Waals surface area contributed by atoms with Gasteiger partial charge in [-0.15, -0.1) is 0 Å². The zero-order valence-corrected chi connectivity index (χ0v) is 35.0. The Morgan fingerprint density at radius 1 is 0.585 bits per heavy atom. The van der Waals surface area contributed by atoms with Crippen LogP contribution >= 0.6 is 7.82 Å². The van der Waals surface area contributed by atoms with Gasteiger partial charge in [0.1, 0.15) is 12.1 Å². The van der Waals surface area contributed by atoms with Crippen molar-refractivity contribution in [2.75, 3.05) is 26.4 Å². The Hall–Kier alpha value is -1.29. The van der Waals surface area contributed by atoms with E-state index in [0.717, 1.165) is 44.9 Å². The van der Waals surface area contributed by atoms with Crippen molar-refractivity contribution in [3.05, 3.63) is 12.2 Å². The first-order chi connectivity index (χ1) is 25.7. The lowest BCUT2D eigenvalue weighted by molar-refractivity contribution is -0.154. The maximum atomic E-state index is 12.6. The first-order valence-corrected chi connectivity index (χ1v) is 23.2. The molecule has 3 atom stereocenters. The Bertz CT molecular complexity index is 904. The van der Waals surface area contributed by atoms with Crippen LogP contribution in [0.5, 0.6) is 0 Å². The largest absolute Gasteiger partial charge is 0.480 e. The van der Waals surface area contributed by atoms with Crippen LogP contribution in [-0.2, 0) is 32.7 Å². The average Bonchev–Trinajstić information content (AvgIpc) is 3.13. The molecular formula is C42H82NO9P. The van der Waals surface area contributed by atoms with Crippen LogP contribution in [0.15, 0.2) is 12.2 Å². The summed E-state index contributed by atoms with van der Waals surface area (Å²) in [5, 5.41) is 8.89. The molecule has 0 amide bonds. The van der Waals surface area contributed by atoms with E-state index in [4.69, 9.17) is 29.4 Å². The molecule has 0 aliphatic rings. The maximum Gasteiger partial charge on any atom is 0.472 e. The molecule has 0 radical (unpaired) electrons. The zero-order valence-electron chi connectivity index (χ0n) is 34.1. The van der Waals surface area contributed by atoms with Crippen LogP contribution in [0.2, 0.25) is 0 Å². The zero-order chi connectivity index (χ0) is 39.1. The minimum absolute atomic E-state index is 0.0209. The number of unbranched alkanes of at least 4 members (excludes halogenated alkanes) is 26. The van der Waals surface area contributed by atoms with Gasteiger partial charge in [-0.05, 0) is 38.5 Å². The summed E-state index contributed by atoms with van der Waals surface area (Å²) >= 11 is 0. The summed E-state index contributed by atoms with van der Waals surface area (Å²) in [5.74, 6) is -1.77. The van der Waals surface area contributed by atoms with Crippen LogP contribution in [-0.4, -0.2) is 60.5 Å². The summed E-state index contributed by atoms with van der Waals surface area (Å²) in [6.07, 6.45) is 39.7. The molecule has 4 N–H and O–H groups in total. The molecule has 0 saturated carbocycles. The number of rotatable bonds is 42. The highest BCUT2D eigenvalue weighted by molar-refractivity contribution is 7.47. The fourth-order valence-electron chi connectivity index (χ4n) is 6.13. The van der Waals surface area contributed by atoms with E-state index in [0.29, 0.717) is 13.0 Å². The first kappa shape index (κ1) is 51.7. The summed E-state index contributed by atoms with van der Waals surface area (Å²) in [6.45, 7) is 3.90. The lowest BCUT2D eigenvalue weighted by atomic mass is 10.0. The number of carbonyl (C=O) groups is 2. The topological polar surface area (TPSA) is 155 Å². The smallest absolute Gasteiger partial charge is 0.472 e. The number of ether oxygens (including phenoxy) is 2. The van der Waals surface area contributed by atoms with Crippen LogP contribution < -0.4 is 5.73 Å². The van der Waals surface area contributed by atoms with E-state index in [1.165, 1.54) is 135 Å². The number of hydrogen-bond acceptors (Lipinski definition) is 8. The molecule has 0 aliphatic heterocycles. The molecule has 0 aromatic carbocycles. The summed E-state index contributed by atoms with van der Waals surface area (Å²) in [4.78, 5) is 33.5. The van der Waals surface area contributed by atoms with Crippen LogP contribution in [0, 0.1) is 0 Å². The molecular weight excluding hydrogens is 693 g/mol. The molecule has 0 aliphatic carbocycles. The monoisotopic (exact) mass is 776 g/mol. The standard InChI is InChI=1S/C42H82NO9P/c1-3-5-7-9-11-13-15-17-19-20-21-22-24-26-28-30-32-34-41(44)52-39(37-50-53(47,48)51-38-40(43)42(45)46)36-49-35-33-31-29-27-25-23-18-16-14-12-10-8-6-4-2/h17,19,39-40H,3-16,18,20-38,43H2,1-2H3,(H,45,46)(H,47,48)/b19-17-/t39-,40+/m1/s1. The van der Waals surface area contributed by atoms with Gasteiger partial charge in [-0.3, -0.25) is 18.6 Å². The van der Waals surface area contributed by atoms with Gasteiger partial charge in [0.2, 0.25) is 0 Å². The molecule has 0 aromatic rings. The fourth-order valence-corrected chi connectivity index (χ4v) is 6.91. The number of allylic oxidation sites excluding steroid dienone is 2. The SMILES string of the molecule is CCCCCCCC/C=C\CCCCCCCCCC(=O)O[C@H](COCCCCCCCCCCCCCCCC)COP(=O)(O)OC[C@H](N)C(=O)O. The van der Waals surface area contributed by atoms with E-state index >= 15 is 0 Å². The van der Waals surface area contributed by atoms with Crippen LogP contribution in [0.25, 0.3) is 0 Å². The lowest BCUT2D eigenvalue weighted by Crippen LogP contribution is -2.34. The minimum Gasteiger partial charge on any atom is -0.480 e. The molecule has 0 spiro atoms. The molecule has 314 valence electrons. The summed E-state index contributed by atoms with van der Waals surface area (Å²) in [5.41, 5.74) is 5.35. The molecule has 0 fully saturated rings. The molecule has 11 heteroatoms. The highest BCUT2D eigenvalue weighted by Gasteiger charge is 2.27. The van der Waals surface area contributed by atoms with E-state index in [-0.39, 0.29) is 13.0 Å². The van der Waals surface area contributed by atoms with Gasteiger partial charge in [-0.25, -0.2) is 4.57 Å². The van der Waals surface area contributed by atoms with E-state index in [9.17, 15) is 19.0 Å². The third-order valence-electron chi connectivity index (χ3n) is 9.54. The number of carboxylic acid groups (broad SMARTS) is 1. The van der Waals surface area contributed by atoms with Gasteiger partial charge in [-0.1, -0.05) is 174 Å². The van der Waals surface area contributed by atoms with Gasteiger partial charge in [0.05, 0.1) is 19.8 Å². The van der Waals surface area contributed by atoms with Gasteiger partial charge < -0.3 is 25.2 Å². The second-order valence-electron chi connectivity index (χ2n) is 14.8. The van der Waals surface area contributed by atoms with Crippen molar-refractivity contribution in [1.82, 2.24) is 0 Å². The predicted octanol–water partition coefficient (Wildman–Crippen LogP) is 11.8. The molecule has 0 saturated heterocycles. The number of aliphatic carboxylic acids is 1. The van der Waals surface area contributed by atoms with E-state index in [2.05, 4.69) is 26.0 Å². The Labute approximate surface area is 324 Å². The number of nitrogens with two attached hydrogens (primary N) is 1. The lowest BCUT2D eigenvalue weighted by Gasteiger charge is -2.20. The summed E-state index contributed by atoms with van der Waals surface area (Å²) < 4.78 is 33.3. The van der Waals surface area contributed by atoms with Crippen molar-refractivity contribution in [3.8, 4) is 0 Å². The molecule has 10 nitrogen and oxygen atoms in total. The van der Waals surface area contributed by atoms with E-state index in [1.54, 1.807) is 0 Å². The van der Waals surface area contributed by atoms with E-state index in [1.807, 2.05) is 0 Å². The number of carboxylic acids is 1. The number of phosphoric acid groups is 1. The van der Waals surface area contributed by atoms with Crippen LogP contribution in [0.1, 0.15) is 206 Å². The third-order valence-corrected chi connectivity index (χ3v) is 10.5. The minimum atomic E-state index is -4.61. The Balaban J connectivity index is 4.22. The van der Waals surface area contributed by atoms with Crippen molar-refractivity contribution >= 4 is 19.8 Å². The van der Waals surface area contributed by atoms with Gasteiger partial charge in [-0.2, -0.15) is 0 Å². The molecule has 0 aromatic heterocycles. The van der Waals surface area contributed by atoms with Crippen molar-refractivity contribution < 1.29 is 42.7 Å². The fraction of sp³-hybridized carbons (Fsp3) is 0.905. The third kappa shape index (κ3) is 38.8. The highest BCUT2D eigenvalue weighted by atomic mass is 31.2. The highest BCUT2D eigenvalue weighted by Crippen LogP contribution is 2.43. The van der Waals surface area contributed by atoms with Crippen LogP contribution in [0.4, 0.5) is 0 Å². The first-order valence-electron chi connectivity index (χ1n) is 21.7. The molecule has 0 rings (SSSR count). The second-order valence-corrected chi connectivity index (χ2v) is 16.3. The summed E-state index contributed by atoms with van der Waals surface area (Å²) in [6, 6.07) is -1.47. The summed E-state index contributed by atoms with van der Waals surface area (Å²) in [7, 11) is -4.61. The van der Waals surface area contributed by atoms with Crippen molar-refractivity contribution in [2.45, 2.75) is 219 Å². The maximum absolute atomic E-state index is 12.6. The van der Waals surface area contributed by atoms with Gasteiger partial charge >= 0.3 is 19.8 Å². The molecule has 53 heavy (non-hydrogen) atoms. The number of carbonyl (C=O) groups excluding carboxylic acids is 1. The Morgan fingerprint density at radius 3 is 1.43 bits per heavy atom. The second kappa shape index (κ2) is 39.0. The van der Waals surface area contributed by atoms with Gasteiger partial charge in [0, 0.05) is 13.0 Å². The number of phosphoric ester groups is 1. The van der Waals surface area contributed by atoms with Crippen LogP contribution in [0.3, 0.4) is 0 Å². The van der Waals surface area contributed by atoms with Gasteiger partial charge in [0.25, 0.3) is 0 Å². The average molecular weight is 776 g/mol. The molecule has 1 unspecified atom stereocenters. The predicted molar refractivity (Wildman–Crippen MR) is 217 cm³/mol. The molecule has 0 heterocycles. The number of esters is 1. The number of hydrogen-bond donors (Lipinski definition) is 3. The van der Waals surface area contributed by atoms with Crippen molar-refractivity contribution in [1.29, 1.82) is 0 Å². The van der Waals surface area contributed by atoms with E-state index < -0.39 is 45.1 Å². The Kier molecular flexibility index (Phi) is 38.0. The normalized spacial score (nSPS) is 14.0. The van der Waals surface area contributed by atoms with Crippen molar-refractivity contribution in [3.63, 3.8) is 0 Å². The molecule has 0 bridgehead atoms. The van der Waals surface area contributed by atoms with Gasteiger partial charge in [0.15, 0.2) is 0 Å².